The molecule has 0 unspecified atom stereocenters. The molecule has 0 fully saturated rings. The molecule has 0 saturated carbocycles. The Hall–Kier alpha value is -6.42. The van der Waals surface area contributed by atoms with Crippen molar-refractivity contribution in [3.63, 3.8) is 0 Å². The maximum Gasteiger partial charge on any atom is 0.0972 e. The predicted octanol–water partition coefficient (Wildman–Crippen LogP) is 14.3. The quantitative estimate of drug-likeness (QED) is 0.167. The van der Waals surface area contributed by atoms with E-state index in [2.05, 4.69) is 159 Å². The Morgan fingerprint density at radius 2 is 1.09 bits per heavy atom. The van der Waals surface area contributed by atoms with Crippen LogP contribution in [0.3, 0.4) is 0 Å². The molecule has 1 aliphatic rings. The van der Waals surface area contributed by atoms with Crippen LogP contribution in [0, 0.1) is 0 Å². The van der Waals surface area contributed by atoms with Gasteiger partial charge in [0.1, 0.15) is 0 Å². The van der Waals surface area contributed by atoms with Crippen LogP contribution in [-0.2, 0) is 5.41 Å². The zero-order valence-electron chi connectivity index (χ0n) is 29.8. The lowest BCUT2D eigenvalue weighted by Gasteiger charge is -2.23. The summed E-state index contributed by atoms with van der Waals surface area (Å²) in [5, 5.41) is 12.4. The fourth-order valence-electron chi connectivity index (χ4n) is 9.61. The van der Waals surface area contributed by atoms with Gasteiger partial charge in [-0.1, -0.05) is 141 Å². The molecular formula is C51H32N2S. The molecule has 0 saturated heterocycles. The third kappa shape index (κ3) is 3.94. The van der Waals surface area contributed by atoms with Gasteiger partial charge in [-0.25, -0.2) is 4.98 Å². The lowest BCUT2D eigenvalue weighted by atomic mass is 9.80. The first-order valence-corrected chi connectivity index (χ1v) is 19.5. The average Bonchev–Trinajstić information content (AvgIpc) is 3.72. The second-order valence-electron chi connectivity index (χ2n) is 15.2. The predicted molar refractivity (Wildman–Crippen MR) is 231 cm³/mol. The molecule has 11 aromatic rings. The number of rotatable bonds is 2. The van der Waals surface area contributed by atoms with Crippen LogP contribution in [0.25, 0.3) is 108 Å². The van der Waals surface area contributed by atoms with Gasteiger partial charge in [-0.2, -0.15) is 0 Å². The van der Waals surface area contributed by atoms with E-state index in [1.54, 1.807) is 0 Å². The highest BCUT2D eigenvalue weighted by molar-refractivity contribution is 7.26. The molecule has 0 N–H and O–H groups in total. The molecule has 0 bridgehead atoms. The van der Waals surface area contributed by atoms with Crippen molar-refractivity contribution in [2.75, 3.05) is 0 Å². The monoisotopic (exact) mass is 704 g/mol. The number of fused-ring (bicyclic) bond motifs is 16. The van der Waals surface area contributed by atoms with E-state index in [9.17, 15) is 0 Å². The maximum atomic E-state index is 5.42. The first-order chi connectivity index (χ1) is 26.6. The van der Waals surface area contributed by atoms with Crippen LogP contribution in [0.2, 0.25) is 0 Å². The highest BCUT2D eigenvalue weighted by Gasteiger charge is 2.38. The molecule has 8 aromatic carbocycles. The third-order valence-electron chi connectivity index (χ3n) is 12.1. The Labute approximate surface area is 316 Å². The molecule has 3 heteroatoms. The standard InChI is InChI=1S/C51H32N2S/c1-51(2)40-19-9-7-17-36(40)47-41(51)28-39(46-38-18-8-10-20-43(38)54-50(46)47)35-24-25-37(42-26-23-30-22-21-29-12-11-27-52-48(29)49(30)53-42)45-34-16-6-4-14-32(34)31-13-3-5-15-33(31)44(35)45/h3-28H,1-2H3. The van der Waals surface area contributed by atoms with E-state index in [1.165, 1.54) is 85.9 Å². The van der Waals surface area contributed by atoms with Gasteiger partial charge in [-0.15, -0.1) is 11.3 Å². The van der Waals surface area contributed by atoms with E-state index in [0.717, 1.165) is 33.1 Å². The van der Waals surface area contributed by atoms with E-state index < -0.39 is 0 Å². The summed E-state index contributed by atoms with van der Waals surface area (Å²) in [6.45, 7) is 4.79. The van der Waals surface area contributed by atoms with Crippen molar-refractivity contribution in [3.8, 4) is 33.5 Å². The van der Waals surface area contributed by atoms with E-state index in [4.69, 9.17) is 9.97 Å². The summed E-state index contributed by atoms with van der Waals surface area (Å²) >= 11 is 1.94. The topological polar surface area (TPSA) is 25.8 Å². The summed E-state index contributed by atoms with van der Waals surface area (Å²) in [5.41, 5.74) is 11.9. The molecule has 3 aromatic heterocycles. The molecule has 252 valence electrons. The number of aromatic nitrogens is 2. The number of hydrogen-bond donors (Lipinski definition) is 0. The Morgan fingerprint density at radius 3 is 1.89 bits per heavy atom. The molecule has 0 aliphatic heterocycles. The Morgan fingerprint density at radius 1 is 0.463 bits per heavy atom. The summed E-state index contributed by atoms with van der Waals surface area (Å²) < 4.78 is 2.70. The normalized spacial score (nSPS) is 13.5. The van der Waals surface area contributed by atoms with Gasteiger partial charge >= 0.3 is 0 Å². The van der Waals surface area contributed by atoms with Crippen molar-refractivity contribution in [2.24, 2.45) is 0 Å². The number of pyridine rings is 2. The number of benzene rings is 8. The zero-order chi connectivity index (χ0) is 35.7. The van der Waals surface area contributed by atoms with Gasteiger partial charge in [-0.05, 0) is 79.0 Å². The first-order valence-electron chi connectivity index (χ1n) is 18.7. The number of hydrogen-bond acceptors (Lipinski definition) is 3. The molecule has 0 atom stereocenters. The lowest BCUT2D eigenvalue weighted by Crippen LogP contribution is -2.15. The molecular weight excluding hydrogens is 673 g/mol. The Kier molecular flexibility index (Phi) is 6.03. The van der Waals surface area contributed by atoms with Gasteiger partial charge in [-0.3, -0.25) is 4.98 Å². The van der Waals surface area contributed by atoms with Crippen LogP contribution >= 0.6 is 11.3 Å². The number of nitrogens with zero attached hydrogens (tertiary/aromatic N) is 2. The van der Waals surface area contributed by atoms with Gasteiger partial charge in [0.05, 0.1) is 16.7 Å². The zero-order valence-corrected chi connectivity index (χ0v) is 30.6. The van der Waals surface area contributed by atoms with Crippen molar-refractivity contribution < 1.29 is 0 Å². The second-order valence-corrected chi connectivity index (χ2v) is 16.3. The smallest absolute Gasteiger partial charge is 0.0972 e. The molecule has 1 aliphatic carbocycles. The average molecular weight is 705 g/mol. The largest absolute Gasteiger partial charge is 0.254 e. The van der Waals surface area contributed by atoms with Crippen LogP contribution in [-0.4, -0.2) is 9.97 Å². The maximum absolute atomic E-state index is 5.42. The fourth-order valence-corrected chi connectivity index (χ4v) is 10.9. The third-order valence-corrected chi connectivity index (χ3v) is 13.3. The molecule has 0 spiro atoms. The summed E-state index contributed by atoms with van der Waals surface area (Å²) in [6.07, 6.45) is 1.87. The lowest BCUT2D eigenvalue weighted by molar-refractivity contribution is 0.661. The first kappa shape index (κ1) is 30.1. The van der Waals surface area contributed by atoms with Crippen molar-refractivity contribution in [1.29, 1.82) is 0 Å². The second kappa shape index (κ2) is 10.8. The van der Waals surface area contributed by atoms with Crippen molar-refractivity contribution in [3.05, 3.63) is 169 Å². The Bertz CT molecular complexity index is 3420. The van der Waals surface area contributed by atoms with Crippen LogP contribution in [0.5, 0.6) is 0 Å². The molecule has 2 nitrogen and oxygen atoms in total. The molecule has 54 heavy (non-hydrogen) atoms. The molecule has 0 radical (unpaired) electrons. The summed E-state index contributed by atoms with van der Waals surface area (Å²) in [6, 6.07) is 56.0. The van der Waals surface area contributed by atoms with E-state index >= 15 is 0 Å². The van der Waals surface area contributed by atoms with Crippen LogP contribution in [0.1, 0.15) is 25.0 Å². The van der Waals surface area contributed by atoms with Crippen LogP contribution in [0.15, 0.2) is 158 Å². The molecule has 0 amide bonds. The van der Waals surface area contributed by atoms with Gasteiger partial charge in [0.25, 0.3) is 0 Å². The van der Waals surface area contributed by atoms with Crippen LogP contribution < -0.4 is 0 Å². The highest BCUT2D eigenvalue weighted by Crippen LogP contribution is 2.57. The fraction of sp³-hybridized carbons (Fsp3) is 0.0588. The van der Waals surface area contributed by atoms with Crippen molar-refractivity contribution in [2.45, 2.75) is 19.3 Å². The van der Waals surface area contributed by atoms with Gasteiger partial charge in [0.2, 0.25) is 0 Å². The Balaban J connectivity index is 1.27. The SMILES string of the molecule is CC1(C)c2ccccc2-c2c1cc(-c1ccc(-c3ccc4ccc5cccnc5c4n3)c3c4ccccc4c4ccccc4c13)c1c2sc2ccccc21. The van der Waals surface area contributed by atoms with Gasteiger partial charge in [0.15, 0.2) is 0 Å². The van der Waals surface area contributed by atoms with E-state index in [0.29, 0.717) is 0 Å². The summed E-state index contributed by atoms with van der Waals surface area (Å²) in [4.78, 5) is 10.2. The van der Waals surface area contributed by atoms with Crippen LogP contribution in [0.4, 0.5) is 0 Å². The van der Waals surface area contributed by atoms with Gasteiger partial charge in [0, 0.05) is 59.1 Å². The molecule has 3 heterocycles. The summed E-state index contributed by atoms with van der Waals surface area (Å²) in [5.74, 6) is 0. The van der Waals surface area contributed by atoms with Gasteiger partial charge < -0.3 is 0 Å². The van der Waals surface area contributed by atoms with E-state index in [-0.39, 0.29) is 5.41 Å². The highest BCUT2D eigenvalue weighted by atomic mass is 32.1. The minimum absolute atomic E-state index is 0.138. The van der Waals surface area contributed by atoms with E-state index in [1.807, 2.05) is 23.6 Å². The molecule has 12 rings (SSSR count). The minimum atomic E-state index is -0.138. The van der Waals surface area contributed by atoms with Crippen molar-refractivity contribution in [1.82, 2.24) is 9.97 Å². The summed E-state index contributed by atoms with van der Waals surface area (Å²) in [7, 11) is 0. The van der Waals surface area contributed by atoms with Crippen molar-refractivity contribution >= 4 is 85.6 Å². The number of thiophene rings is 1. The minimum Gasteiger partial charge on any atom is -0.254 e.